The van der Waals surface area contributed by atoms with Crippen molar-refractivity contribution in [1.29, 1.82) is 0 Å². The number of carbonyl (C=O) groups excluding carboxylic acids is 1. The third-order valence-electron chi connectivity index (χ3n) is 4.30. The molecular weight excluding hydrogens is 292 g/mol. The maximum Gasteiger partial charge on any atom is 0.311 e. The average Bonchev–Trinajstić information content (AvgIpc) is 2.85. The lowest BCUT2D eigenvalue weighted by molar-refractivity contribution is -0.155. The summed E-state index contributed by atoms with van der Waals surface area (Å²) in [7, 11) is 0. The topological polar surface area (TPSA) is 55.8 Å². The molecule has 1 aliphatic rings. The lowest BCUT2D eigenvalue weighted by Gasteiger charge is -2.22. The first-order chi connectivity index (χ1) is 10.9. The smallest absolute Gasteiger partial charge is 0.311 e. The molecule has 0 heterocycles. The monoisotopic (exact) mass is 320 g/mol. The van der Waals surface area contributed by atoms with E-state index >= 15 is 0 Å². The van der Waals surface area contributed by atoms with Crippen molar-refractivity contribution in [2.24, 2.45) is 17.3 Å². The highest BCUT2D eigenvalue weighted by molar-refractivity contribution is 5.75. The number of hydrogen-bond donors (Lipinski definition) is 1. The Morgan fingerprint density at radius 3 is 2.35 bits per heavy atom. The molecule has 23 heavy (non-hydrogen) atoms. The molecular formula is C19H28O4. The summed E-state index contributed by atoms with van der Waals surface area (Å²) < 4.78 is 11.2. The number of rotatable bonds is 6. The summed E-state index contributed by atoms with van der Waals surface area (Å²) in [4.78, 5) is 11.9. The van der Waals surface area contributed by atoms with E-state index in [1.54, 1.807) is 0 Å². The summed E-state index contributed by atoms with van der Waals surface area (Å²) in [6.45, 7) is 7.07. The van der Waals surface area contributed by atoms with Gasteiger partial charge in [-0.25, -0.2) is 0 Å². The van der Waals surface area contributed by atoms with Crippen LogP contribution in [0.2, 0.25) is 0 Å². The van der Waals surface area contributed by atoms with Gasteiger partial charge in [0.25, 0.3) is 0 Å². The molecule has 0 bridgehead atoms. The van der Waals surface area contributed by atoms with Crippen molar-refractivity contribution < 1.29 is 19.4 Å². The molecule has 1 aromatic rings. The van der Waals surface area contributed by atoms with Crippen molar-refractivity contribution >= 4 is 5.97 Å². The SMILES string of the molecule is CC(C)(C)C(=O)OC[C@H]1C[C@H](O)C[C@@H]1COCc1ccccc1. The summed E-state index contributed by atoms with van der Waals surface area (Å²) in [6, 6.07) is 10.0. The van der Waals surface area contributed by atoms with Crippen LogP contribution in [0.25, 0.3) is 0 Å². The van der Waals surface area contributed by atoms with E-state index < -0.39 is 5.41 Å². The molecule has 1 fully saturated rings. The Morgan fingerprint density at radius 1 is 1.13 bits per heavy atom. The van der Waals surface area contributed by atoms with Gasteiger partial charge in [0, 0.05) is 5.92 Å². The van der Waals surface area contributed by atoms with Crippen LogP contribution in [-0.2, 0) is 20.9 Å². The number of carbonyl (C=O) groups is 1. The zero-order valence-electron chi connectivity index (χ0n) is 14.3. The van der Waals surface area contributed by atoms with E-state index in [9.17, 15) is 9.90 Å². The minimum atomic E-state index is -0.490. The van der Waals surface area contributed by atoms with Gasteiger partial charge in [0.05, 0.1) is 31.3 Å². The summed E-state index contributed by atoms with van der Waals surface area (Å²) in [5.41, 5.74) is 0.651. The quantitative estimate of drug-likeness (QED) is 0.818. The highest BCUT2D eigenvalue weighted by Gasteiger charge is 2.35. The molecule has 0 amide bonds. The fourth-order valence-electron chi connectivity index (χ4n) is 2.89. The molecule has 2 rings (SSSR count). The van der Waals surface area contributed by atoms with E-state index in [1.807, 2.05) is 51.1 Å². The fraction of sp³-hybridized carbons (Fsp3) is 0.632. The van der Waals surface area contributed by atoms with Crippen molar-refractivity contribution in [3.8, 4) is 0 Å². The average molecular weight is 320 g/mol. The van der Waals surface area contributed by atoms with Crippen LogP contribution >= 0.6 is 0 Å². The lowest BCUT2D eigenvalue weighted by atomic mass is 9.96. The van der Waals surface area contributed by atoms with Crippen molar-refractivity contribution in [1.82, 2.24) is 0 Å². The predicted molar refractivity (Wildman–Crippen MR) is 88.7 cm³/mol. The zero-order chi connectivity index (χ0) is 16.9. The number of hydrogen-bond acceptors (Lipinski definition) is 4. The van der Waals surface area contributed by atoms with Crippen LogP contribution in [0.3, 0.4) is 0 Å². The summed E-state index contributed by atoms with van der Waals surface area (Å²) in [6.07, 6.45) is 1.07. The van der Waals surface area contributed by atoms with E-state index in [1.165, 1.54) is 0 Å². The third-order valence-corrected chi connectivity index (χ3v) is 4.30. The molecule has 4 heteroatoms. The van der Waals surface area contributed by atoms with Gasteiger partial charge in [0.1, 0.15) is 0 Å². The number of aliphatic hydroxyl groups excluding tert-OH is 1. The van der Waals surface area contributed by atoms with Crippen LogP contribution in [-0.4, -0.2) is 30.4 Å². The van der Waals surface area contributed by atoms with Crippen LogP contribution < -0.4 is 0 Å². The van der Waals surface area contributed by atoms with E-state index in [2.05, 4.69) is 0 Å². The maximum absolute atomic E-state index is 11.9. The predicted octanol–water partition coefficient (Wildman–Crippen LogP) is 3.18. The van der Waals surface area contributed by atoms with Gasteiger partial charge in [-0.15, -0.1) is 0 Å². The minimum absolute atomic E-state index is 0.173. The number of esters is 1. The molecule has 1 saturated carbocycles. The Hall–Kier alpha value is -1.39. The molecule has 0 radical (unpaired) electrons. The Kier molecular flexibility index (Phi) is 6.19. The summed E-state index contributed by atoms with van der Waals surface area (Å²) in [5.74, 6) is 0.219. The Bertz CT molecular complexity index is 492. The van der Waals surface area contributed by atoms with E-state index in [4.69, 9.17) is 9.47 Å². The number of aliphatic hydroxyl groups is 1. The van der Waals surface area contributed by atoms with Crippen LogP contribution in [0.15, 0.2) is 30.3 Å². The molecule has 0 spiro atoms. The van der Waals surface area contributed by atoms with Gasteiger partial charge in [0.2, 0.25) is 0 Å². The van der Waals surface area contributed by atoms with Gasteiger partial charge in [-0.05, 0) is 45.1 Å². The highest BCUT2D eigenvalue weighted by atomic mass is 16.5. The summed E-state index contributed by atoms with van der Waals surface area (Å²) in [5, 5.41) is 9.92. The van der Waals surface area contributed by atoms with Gasteiger partial charge < -0.3 is 14.6 Å². The van der Waals surface area contributed by atoms with E-state index in [-0.39, 0.29) is 23.9 Å². The van der Waals surface area contributed by atoms with E-state index in [0.29, 0.717) is 32.7 Å². The molecule has 0 aromatic heterocycles. The van der Waals surface area contributed by atoms with Gasteiger partial charge in [0.15, 0.2) is 0 Å². The minimum Gasteiger partial charge on any atom is -0.465 e. The second-order valence-corrected chi connectivity index (χ2v) is 7.49. The van der Waals surface area contributed by atoms with Gasteiger partial charge in [-0.3, -0.25) is 4.79 Å². The molecule has 3 atom stereocenters. The van der Waals surface area contributed by atoms with Crippen molar-refractivity contribution in [2.75, 3.05) is 13.2 Å². The largest absolute Gasteiger partial charge is 0.465 e. The molecule has 1 N–H and O–H groups in total. The zero-order valence-corrected chi connectivity index (χ0v) is 14.3. The second kappa shape index (κ2) is 7.93. The van der Waals surface area contributed by atoms with Crippen LogP contribution in [0, 0.1) is 17.3 Å². The normalized spacial score (nSPS) is 24.6. The lowest BCUT2D eigenvalue weighted by Crippen LogP contribution is -2.27. The van der Waals surface area contributed by atoms with Crippen molar-refractivity contribution in [2.45, 2.75) is 46.3 Å². The van der Waals surface area contributed by atoms with Crippen LogP contribution in [0.1, 0.15) is 39.2 Å². The Balaban J connectivity index is 1.78. The first-order valence-corrected chi connectivity index (χ1v) is 8.33. The molecule has 0 aliphatic heterocycles. The molecule has 1 aromatic carbocycles. The summed E-state index contributed by atoms with van der Waals surface area (Å²) >= 11 is 0. The molecule has 1 aliphatic carbocycles. The third kappa shape index (κ3) is 5.63. The molecule has 128 valence electrons. The van der Waals surface area contributed by atoms with Gasteiger partial charge in [-0.2, -0.15) is 0 Å². The molecule has 4 nitrogen and oxygen atoms in total. The molecule has 0 saturated heterocycles. The number of ether oxygens (including phenoxy) is 2. The number of benzene rings is 1. The second-order valence-electron chi connectivity index (χ2n) is 7.49. The van der Waals surface area contributed by atoms with E-state index in [0.717, 1.165) is 5.56 Å². The maximum atomic E-state index is 11.9. The standard InChI is InChI=1S/C19H28O4/c1-19(2,3)18(21)23-13-16-10-17(20)9-15(16)12-22-11-14-7-5-4-6-8-14/h4-8,15-17,20H,9-13H2,1-3H3/t15-,16-,17-/m1/s1. The fourth-order valence-corrected chi connectivity index (χ4v) is 2.89. The Labute approximate surface area is 138 Å². The first-order valence-electron chi connectivity index (χ1n) is 8.33. The van der Waals surface area contributed by atoms with Gasteiger partial charge in [-0.1, -0.05) is 30.3 Å². The van der Waals surface area contributed by atoms with Crippen molar-refractivity contribution in [3.05, 3.63) is 35.9 Å². The van der Waals surface area contributed by atoms with Gasteiger partial charge >= 0.3 is 5.97 Å². The van der Waals surface area contributed by atoms with Crippen LogP contribution in [0.4, 0.5) is 0 Å². The highest BCUT2D eigenvalue weighted by Crippen LogP contribution is 2.33. The van der Waals surface area contributed by atoms with Crippen molar-refractivity contribution in [3.63, 3.8) is 0 Å². The Morgan fingerprint density at radius 2 is 1.74 bits per heavy atom. The first kappa shape index (κ1) is 18.0. The van der Waals surface area contributed by atoms with Crippen LogP contribution in [0.5, 0.6) is 0 Å². The molecule has 0 unspecified atom stereocenters.